The van der Waals surface area contributed by atoms with Gasteiger partial charge in [0, 0.05) is 50.2 Å². The van der Waals surface area contributed by atoms with Crippen molar-refractivity contribution in [3.05, 3.63) is 95.6 Å². The Hall–Kier alpha value is -3.60. The number of nitrogens with one attached hydrogen (secondary N) is 1. The fourth-order valence-electron chi connectivity index (χ4n) is 2.99. The van der Waals surface area contributed by atoms with Crippen molar-refractivity contribution >= 4 is 23.2 Å². The molecule has 148 valence electrons. The van der Waals surface area contributed by atoms with Crippen molar-refractivity contribution in [3.63, 3.8) is 0 Å². The number of amides is 2. The maximum absolute atomic E-state index is 12.8. The summed E-state index contributed by atoms with van der Waals surface area (Å²) in [6.07, 6.45) is 0. The third-order valence-corrected chi connectivity index (χ3v) is 4.62. The molecule has 3 aromatic rings. The van der Waals surface area contributed by atoms with Gasteiger partial charge in [-0.05, 0) is 48.0 Å². The zero-order valence-electron chi connectivity index (χ0n) is 16.9. The lowest BCUT2D eigenvalue weighted by Crippen LogP contribution is -2.26. The first-order valence-electron chi connectivity index (χ1n) is 9.42. The van der Waals surface area contributed by atoms with E-state index in [1.807, 2.05) is 73.6 Å². The normalized spacial score (nSPS) is 10.3. The monoisotopic (exact) mass is 387 g/mol. The van der Waals surface area contributed by atoms with E-state index < -0.39 is 0 Å². The Labute approximate surface area is 171 Å². The minimum atomic E-state index is -0.247. The largest absolute Gasteiger partial charge is 0.378 e. The van der Waals surface area contributed by atoms with Crippen LogP contribution < -0.4 is 10.2 Å². The molecule has 0 saturated heterocycles. The molecule has 0 heterocycles. The SMILES string of the molecule is CN(Cc1ccccc1)C(=O)c1cccc(C(=O)Nc2ccc(N(C)C)cc2)c1. The summed E-state index contributed by atoms with van der Waals surface area (Å²) in [5.41, 5.74) is 3.74. The summed E-state index contributed by atoms with van der Waals surface area (Å²) in [5.74, 6) is -0.373. The number of carbonyl (C=O) groups is 2. The van der Waals surface area contributed by atoms with Crippen LogP contribution in [0.5, 0.6) is 0 Å². The summed E-state index contributed by atoms with van der Waals surface area (Å²) in [4.78, 5) is 29.0. The molecule has 0 spiro atoms. The summed E-state index contributed by atoms with van der Waals surface area (Å²) >= 11 is 0. The number of rotatable bonds is 6. The smallest absolute Gasteiger partial charge is 0.255 e. The minimum Gasteiger partial charge on any atom is -0.378 e. The molecule has 5 nitrogen and oxygen atoms in total. The number of carbonyl (C=O) groups excluding carboxylic acids is 2. The Morgan fingerprint density at radius 2 is 1.45 bits per heavy atom. The predicted octanol–water partition coefficient (Wildman–Crippen LogP) is 4.28. The number of anilines is 2. The van der Waals surface area contributed by atoms with Crippen molar-refractivity contribution in [1.82, 2.24) is 4.90 Å². The fourth-order valence-corrected chi connectivity index (χ4v) is 2.99. The Bertz CT molecular complexity index is 983. The zero-order chi connectivity index (χ0) is 20.8. The highest BCUT2D eigenvalue weighted by atomic mass is 16.2. The molecule has 0 saturated carbocycles. The molecule has 0 unspecified atom stereocenters. The van der Waals surface area contributed by atoms with Crippen molar-refractivity contribution in [3.8, 4) is 0 Å². The van der Waals surface area contributed by atoms with E-state index in [0.29, 0.717) is 23.4 Å². The Morgan fingerprint density at radius 3 is 2.10 bits per heavy atom. The quantitative estimate of drug-likeness (QED) is 0.687. The molecule has 2 amide bonds. The highest BCUT2D eigenvalue weighted by Crippen LogP contribution is 2.17. The molecule has 0 radical (unpaired) electrons. The van der Waals surface area contributed by atoms with Crippen molar-refractivity contribution in [2.75, 3.05) is 31.4 Å². The molecule has 5 heteroatoms. The Balaban J connectivity index is 1.69. The average Bonchev–Trinajstić information content (AvgIpc) is 2.74. The number of hydrogen-bond donors (Lipinski definition) is 1. The van der Waals surface area contributed by atoms with Crippen LogP contribution in [0, 0.1) is 0 Å². The first kappa shape index (κ1) is 20.1. The summed E-state index contributed by atoms with van der Waals surface area (Å²) in [7, 11) is 5.68. The van der Waals surface area contributed by atoms with Gasteiger partial charge in [-0.1, -0.05) is 36.4 Å². The molecule has 0 aliphatic carbocycles. The Kier molecular flexibility index (Phi) is 6.29. The molecule has 0 bridgehead atoms. The zero-order valence-corrected chi connectivity index (χ0v) is 16.9. The van der Waals surface area contributed by atoms with Gasteiger partial charge in [0.15, 0.2) is 0 Å². The van der Waals surface area contributed by atoms with Crippen LogP contribution in [0.4, 0.5) is 11.4 Å². The van der Waals surface area contributed by atoms with E-state index in [9.17, 15) is 9.59 Å². The number of benzene rings is 3. The molecule has 0 fully saturated rings. The van der Waals surface area contributed by atoms with E-state index in [0.717, 1.165) is 11.3 Å². The lowest BCUT2D eigenvalue weighted by Gasteiger charge is -2.18. The van der Waals surface area contributed by atoms with Crippen molar-refractivity contribution in [1.29, 1.82) is 0 Å². The fraction of sp³-hybridized carbons (Fsp3) is 0.167. The second kappa shape index (κ2) is 9.06. The third-order valence-electron chi connectivity index (χ3n) is 4.62. The topological polar surface area (TPSA) is 52.7 Å². The maximum Gasteiger partial charge on any atom is 0.255 e. The summed E-state index contributed by atoms with van der Waals surface area (Å²) in [6.45, 7) is 0.508. The van der Waals surface area contributed by atoms with E-state index in [-0.39, 0.29) is 11.8 Å². The van der Waals surface area contributed by atoms with Gasteiger partial charge in [-0.2, -0.15) is 0 Å². The van der Waals surface area contributed by atoms with Crippen molar-refractivity contribution < 1.29 is 9.59 Å². The molecule has 0 aliphatic heterocycles. The maximum atomic E-state index is 12.8. The van der Waals surface area contributed by atoms with E-state index in [1.165, 1.54) is 0 Å². The standard InChI is InChI=1S/C24H25N3O2/c1-26(2)22-14-12-21(13-15-22)25-23(28)19-10-7-11-20(16-19)24(29)27(3)17-18-8-5-4-6-9-18/h4-16H,17H2,1-3H3,(H,25,28). The Morgan fingerprint density at radius 1 is 0.793 bits per heavy atom. The molecule has 0 aliphatic rings. The van der Waals surface area contributed by atoms with Crippen LogP contribution in [-0.4, -0.2) is 37.9 Å². The molecule has 0 aromatic heterocycles. The van der Waals surface area contributed by atoms with Crippen LogP contribution in [0.1, 0.15) is 26.3 Å². The van der Waals surface area contributed by atoms with E-state index in [4.69, 9.17) is 0 Å². The minimum absolute atomic E-state index is 0.126. The summed E-state index contributed by atoms with van der Waals surface area (Å²) in [5, 5.41) is 2.88. The molecule has 3 aromatic carbocycles. The molecule has 3 rings (SSSR count). The van der Waals surface area contributed by atoms with Gasteiger partial charge in [-0.15, -0.1) is 0 Å². The van der Waals surface area contributed by atoms with Crippen molar-refractivity contribution in [2.45, 2.75) is 6.54 Å². The van der Waals surface area contributed by atoms with Crippen molar-refractivity contribution in [2.24, 2.45) is 0 Å². The van der Waals surface area contributed by atoms with Crippen LogP contribution in [-0.2, 0) is 6.54 Å². The first-order chi connectivity index (χ1) is 13.9. The van der Waals surface area contributed by atoms with Gasteiger partial charge < -0.3 is 15.1 Å². The molecule has 1 N–H and O–H groups in total. The van der Waals surface area contributed by atoms with Crippen LogP contribution >= 0.6 is 0 Å². The van der Waals surface area contributed by atoms with E-state index in [1.54, 1.807) is 36.2 Å². The third kappa shape index (κ3) is 5.23. The van der Waals surface area contributed by atoms with Crippen LogP contribution in [0.3, 0.4) is 0 Å². The van der Waals surface area contributed by atoms with E-state index >= 15 is 0 Å². The van der Waals surface area contributed by atoms with Gasteiger partial charge in [0.1, 0.15) is 0 Å². The molecular weight excluding hydrogens is 362 g/mol. The second-order valence-corrected chi connectivity index (χ2v) is 7.12. The molecular formula is C24H25N3O2. The average molecular weight is 387 g/mol. The highest BCUT2D eigenvalue weighted by Gasteiger charge is 2.15. The summed E-state index contributed by atoms with van der Waals surface area (Å²) < 4.78 is 0. The van der Waals surface area contributed by atoms with E-state index in [2.05, 4.69) is 5.32 Å². The predicted molar refractivity (Wildman–Crippen MR) is 117 cm³/mol. The van der Waals surface area contributed by atoms with Crippen LogP contribution in [0.15, 0.2) is 78.9 Å². The lowest BCUT2D eigenvalue weighted by atomic mass is 10.1. The van der Waals surface area contributed by atoms with Gasteiger partial charge in [-0.25, -0.2) is 0 Å². The summed E-state index contributed by atoms with van der Waals surface area (Å²) in [6, 6.07) is 24.2. The number of hydrogen-bond acceptors (Lipinski definition) is 3. The van der Waals surface area contributed by atoms with Gasteiger partial charge in [0.25, 0.3) is 11.8 Å². The lowest BCUT2D eigenvalue weighted by molar-refractivity contribution is 0.0785. The van der Waals surface area contributed by atoms with Gasteiger partial charge in [-0.3, -0.25) is 9.59 Å². The highest BCUT2D eigenvalue weighted by molar-refractivity contribution is 6.06. The first-order valence-corrected chi connectivity index (χ1v) is 9.42. The van der Waals surface area contributed by atoms with Crippen LogP contribution in [0.25, 0.3) is 0 Å². The molecule has 29 heavy (non-hydrogen) atoms. The van der Waals surface area contributed by atoms with Gasteiger partial charge in [0.05, 0.1) is 0 Å². The van der Waals surface area contributed by atoms with Gasteiger partial charge >= 0.3 is 0 Å². The second-order valence-electron chi connectivity index (χ2n) is 7.12. The van der Waals surface area contributed by atoms with Crippen LogP contribution in [0.2, 0.25) is 0 Å². The number of nitrogens with zero attached hydrogens (tertiary/aromatic N) is 2. The van der Waals surface area contributed by atoms with Gasteiger partial charge in [0.2, 0.25) is 0 Å². The molecule has 0 atom stereocenters.